The maximum Gasteiger partial charge on any atom is 0.233 e. The number of hydrogen-bond acceptors (Lipinski definition) is 3. The fourth-order valence-corrected chi connectivity index (χ4v) is 1.68. The summed E-state index contributed by atoms with van der Waals surface area (Å²) in [5.74, 6) is -2.82. The Hall–Kier alpha value is -1.84. The minimum Gasteiger partial charge on any atom is -0.549 e. The molecule has 2 rings (SSSR count). The van der Waals surface area contributed by atoms with Gasteiger partial charge in [0.25, 0.3) is 0 Å². The summed E-state index contributed by atoms with van der Waals surface area (Å²) in [5, 5.41) is 13.4. The summed E-state index contributed by atoms with van der Waals surface area (Å²) >= 11 is 0. The Balaban J connectivity index is 2.04. The molecule has 1 N–H and O–H groups in total. The first-order chi connectivity index (χ1) is 7.68. The number of nitrogens with one attached hydrogen (secondary N) is 1. The molecule has 1 aliphatic rings. The van der Waals surface area contributed by atoms with Crippen molar-refractivity contribution in [1.82, 2.24) is 0 Å². The van der Waals surface area contributed by atoms with Crippen LogP contribution in [0.1, 0.15) is 12.8 Å². The molecule has 1 aromatic rings. The van der Waals surface area contributed by atoms with E-state index in [9.17, 15) is 14.7 Å². The van der Waals surface area contributed by atoms with Gasteiger partial charge in [-0.1, -0.05) is 18.2 Å². The number of carbonyl (C=O) groups is 2. The Morgan fingerprint density at radius 3 is 2.38 bits per heavy atom. The first-order valence-electron chi connectivity index (χ1n) is 5.25. The van der Waals surface area contributed by atoms with Crippen LogP contribution in [0.5, 0.6) is 0 Å². The second kappa shape index (κ2) is 4.35. The second-order valence-electron chi connectivity index (χ2n) is 3.99. The third-order valence-electron chi connectivity index (χ3n) is 2.67. The van der Waals surface area contributed by atoms with Gasteiger partial charge in [0.05, 0.1) is 11.9 Å². The molecule has 1 aliphatic carbocycles. The van der Waals surface area contributed by atoms with Crippen LogP contribution in [0, 0.1) is 11.8 Å². The number of anilines is 1. The fraction of sp³-hybridized carbons (Fsp3) is 0.333. The number of carboxylic acids is 1. The molecule has 1 unspecified atom stereocenters. The Morgan fingerprint density at radius 2 is 1.88 bits per heavy atom. The van der Waals surface area contributed by atoms with Crippen molar-refractivity contribution in [2.24, 2.45) is 11.8 Å². The lowest BCUT2D eigenvalue weighted by Gasteiger charge is -2.16. The van der Waals surface area contributed by atoms with Crippen molar-refractivity contribution in [2.45, 2.75) is 12.8 Å². The number of aliphatic carboxylic acids is 1. The molecule has 1 saturated carbocycles. The molecule has 1 atom stereocenters. The summed E-state index contributed by atoms with van der Waals surface area (Å²) < 4.78 is 0. The highest BCUT2D eigenvalue weighted by Gasteiger charge is 2.37. The fourth-order valence-electron chi connectivity index (χ4n) is 1.68. The second-order valence-corrected chi connectivity index (χ2v) is 3.99. The monoisotopic (exact) mass is 218 g/mol. The number of benzene rings is 1. The number of rotatable bonds is 4. The molecule has 1 amide bonds. The van der Waals surface area contributed by atoms with E-state index in [1.165, 1.54) is 0 Å². The summed E-state index contributed by atoms with van der Waals surface area (Å²) in [5.41, 5.74) is 0.611. The highest BCUT2D eigenvalue weighted by atomic mass is 16.4. The summed E-state index contributed by atoms with van der Waals surface area (Å²) in [7, 11) is 0. The van der Waals surface area contributed by atoms with E-state index in [4.69, 9.17) is 0 Å². The van der Waals surface area contributed by atoms with Gasteiger partial charge in [0.15, 0.2) is 0 Å². The molecule has 1 fully saturated rings. The van der Waals surface area contributed by atoms with E-state index in [0.29, 0.717) is 5.69 Å². The third kappa shape index (κ3) is 2.39. The molecule has 4 heteroatoms. The van der Waals surface area contributed by atoms with Crippen molar-refractivity contribution in [3.63, 3.8) is 0 Å². The van der Waals surface area contributed by atoms with Crippen LogP contribution in [0.2, 0.25) is 0 Å². The van der Waals surface area contributed by atoms with Gasteiger partial charge in [-0.05, 0) is 30.9 Å². The average molecular weight is 218 g/mol. The zero-order chi connectivity index (χ0) is 11.5. The van der Waals surface area contributed by atoms with Crippen molar-refractivity contribution < 1.29 is 14.7 Å². The van der Waals surface area contributed by atoms with E-state index in [1.807, 2.05) is 6.07 Å². The van der Waals surface area contributed by atoms with Crippen LogP contribution < -0.4 is 10.4 Å². The van der Waals surface area contributed by atoms with Crippen molar-refractivity contribution in [3.05, 3.63) is 30.3 Å². The van der Waals surface area contributed by atoms with Gasteiger partial charge in [-0.3, -0.25) is 4.79 Å². The zero-order valence-electron chi connectivity index (χ0n) is 8.68. The van der Waals surface area contributed by atoms with Crippen LogP contribution in [0.3, 0.4) is 0 Å². The molecule has 1 aromatic carbocycles. The Bertz CT molecular complexity index is 398. The van der Waals surface area contributed by atoms with Crippen LogP contribution in [-0.4, -0.2) is 11.9 Å². The molecule has 0 spiro atoms. The SMILES string of the molecule is O=C([O-])C(C(=O)Nc1ccccc1)C1CC1. The van der Waals surface area contributed by atoms with E-state index in [2.05, 4.69) is 5.32 Å². The van der Waals surface area contributed by atoms with Crippen LogP contribution >= 0.6 is 0 Å². The van der Waals surface area contributed by atoms with Crippen LogP contribution in [0.25, 0.3) is 0 Å². The van der Waals surface area contributed by atoms with Gasteiger partial charge >= 0.3 is 0 Å². The lowest BCUT2D eigenvalue weighted by atomic mass is 10.0. The topological polar surface area (TPSA) is 69.2 Å². The Morgan fingerprint density at radius 1 is 1.25 bits per heavy atom. The normalized spacial score (nSPS) is 16.5. The summed E-state index contributed by atoms with van der Waals surface area (Å²) in [6, 6.07) is 8.82. The minimum absolute atomic E-state index is 0.0475. The Kier molecular flexibility index (Phi) is 2.90. The van der Waals surface area contributed by atoms with Gasteiger partial charge in [-0.15, -0.1) is 0 Å². The summed E-state index contributed by atoms with van der Waals surface area (Å²) in [6.07, 6.45) is 1.59. The average Bonchev–Trinajstić information content (AvgIpc) is 3.03. The van der Waals surface area contributed by atoms with E-state index in [1.54, 1.807) is 24.3 Å². The lowest BCUT2D eigenvalue weighted by molar-refractivity contribution is -0.310. The van der Waals surface area contributed by atoms with Gasteiger partial charge in [-0.2, -0.15) is 0 Å². The van der Waals surface area contributed by atoms with Crippen LogP contribution in [-0.2, 0) is 9.59 Å². The van der Waals surface area contributed by atoms with Crippen LogP contribution in [0.15, 0.2) is 30.3 Å². The van der Waals surface area contributed by atoms with Crippen molar-refractivity contribution >= 4 is 17.6 Å². The summed E-state index contributed by atoms with van der Waals surface area (Å²) in [6.45, 7) is 0. The van der Waals surface area contributed by atoms with Gasteiger partial charge in [0, 0.05) is 5.69 Å². The highest BCUT2D eigenvalue weighted by Crippen LogP contribution is 2.37. The van der Waals surface area contributed by atoms with E-state index < -0.39 is 17.8 Å². The predicted octanol–water partition coefficient (Wildman–Crippen LogP) is 0.401. The van der Waals surface area contributed by atoms with E-state index in [0.717, 1.165) is 12.8 Å². The molecule has 0 bridgehead atoms. The molecule has 0 aliphatic heterocycles. The molecular weight excluding hydrogens is 206 g/mol. The molecular formula is C12H12NO3-. The van der Waals surface area contributed by atoms with E-state index >= 15 is 0 Å². The van der Waals surface area contributed by atoms with Gasteiger partial charge in [0.1, 0.15) is 0 Å². The van der Waals surface area contributed by atoms with Gasteiger partial charge < -0.3 is 15.2 Å². The Labute approximate surface area is 93.3 Å². The molecule has 0 radical (unpaired) electrons. The molecule has 16 heavy (non-hydrogen) atoms. The summed E-state index contributed by atoms with van der Waals surface area (Å²) in [4.78, 5) is 22.5. The molecule has 0 heterocycles. The largest absolute Gasteiger partial charge is 0.549 e. The number of para-hydroxylation sites is 1. The first-order valence-corrected chi connectivity index (χ1v) is 5.25. The van der Waals surface area contributed by atoms with E-state index in [-0.39, 0.29) is 5.92 Å². The van der Waals surface area contributed by atoms with Crippen molar-refractivity contribution in [1.29, 1.82) is 0 Å². The number of carbonyl (C=O) groups excluding carboxylic acids is 2. The highest BCUT2D eigenvalue weighted by molar-refractivity contribution is 6.04. The third-order valence-corrected chi connectivity index (χ3v) is 2.67. The number of carboxylic acid groups (broad SMARTS) is 1. The number of hydrogen-bond donors (Lipinski definition) is 1. The minimum atomic E-state index is -1.28. The first kappa shape index (κ1) is 10.7. The molecule has 0 aromatic heterocycles. The maximum absolute atomic E-state index is 11.7. The standard InChI is InChI=1S/C12H13NO3/c14-11(10(12(15)16)8-6-7-8)13-9-4-2-1-3-5-9/h1-5,8,10H,6-7H2,(H,13,14)(H,15,16)/p-1. The quantitative estimate of drug-likeness (QED) is 0.744. The lowest BCUT2D eigenvalue weighted by Crippen LogP contribution is -2.40. The smallest absolute Gasteiger partial charge is 0.233 e. The zero-order valence-corrected chi connectivity index (χ0v) is 8.68. The van der Waals surface area contributed by atoms with Crippen LogP contribution in [0.4, 0.5) is 5.69 Å². The van der Waals surface area contributed by atoms with Gasteiger partial charge in [-0.25, -0.2) is 0 Å². The molecule has 4 nitrogen and oxygen atoms in total. The molecule has 0 saturated heterocycles. The maximum atomic E-state index is 11.7. The van der Waals surface area contributed by atoms with Crippen molar-refractivity contribution in [2.75, 3.05) is 5.32 Å². The van der Waals surface area contributed by atoms with Crippen molar-refractivity contribution in [3.8, 4) is 0 Å². The molecule has 84 valence electrons. The van der Waals surface area contributed by atoms with Gasteiger partial charge in [0.2, 0.25) is 5.91 Å². The number of amides is 1. The predicted molar refractivity (Wildman–Crippen MR) is 56.3 cm³/mol.